The lowest BCUT2D eigenvalue weighted by Crippen LogP contribution is -2.31. The third-order valence-electron chi connectivity index (χ3n) is 2.10. The van der Waals surface area contributed by atoms with Crippen molar-refractivity contribution in [1.29, 1.82) is 0 Å². The van der Waals surface area contributed by atoms with Crippen LogP contribution in [0.2, 0.25) is 0 Å². The summed E-state index contributed by atoms with van der Waals surface area (Å²) in [5, 5.41) is 5.40. The van der Waals surface area contributed by atoms with Gasteiger partial charge in [-0.15, -0.1) is 11.3 Å². The van der Waals surface area contributed by atoms with Crippen molar-refractivity contribution < 1.29 is 9.53 Å². The van der Waals surface area contributed by atoms with Gasteiger partial charge in [0, 0.05) is 25.5 Å². The highest BCUT2D eigenvalue weighted by Crippen LogP contribution is 2.09. The molecule has 1 aromatic heterocycles. The topological polar surface area (TPSA) is 77.2 Å². The minimum atomic E-state index is -0.163. The predicted molar refractivity (Wildman–Crippen MR) is 63.7 cm³/mol. The molecule has 0 aromatic carbocycles. The quantitative estimate of drug-likeness (QED) is 0.758. The number of thiazole rings is 1. The first-order valence-corrected chi connectivity index (χ1v) is 6.00. The van der Waals surface area contributed by atoms with Crippen LogP contribution in [0.3, 0.4) is 0 Å². The monoisotopic (exact) mass is 243 g/mol. The Morgan fingerprint density at radius 2 is 2.50 bits per heavy atom. The third kappa shape index (κ3) is 3.88. The summed E-state index contributed by atoms with van der Waals surface area (Å²) in [6, 6.07) is 0. The molecule has 0 bridgehead atoms. The number of carbonyl (C=O) groups excluding carboxylic acids is 1. The number of amides is 1. The van der Waals surface area contributed by atoms with Gasteiger partial charge in [0.25, 0.3) is 5.91 Å². The molecule has 0 spiro atoms. The van der Waals surface area contributed by atoms with Crippen molar-refractivity contribution in [2.75, 3.05) is 20.2 Å². The van der Waals surface area contributed by atoms with Crippen LogP contribution in [0.1, 0.15) is 22.4 Å². The summed E-state index contributed by atoms with van der Waals surface area (Å²) in [6.07, 6.45) is 0.720. The SMILES string of the molecule is COC(C)CNC(=O)c1csc(CCN)n1. The number of ether oxygens (including phenoxy) is 1. The van der Waals surface area contributed by atoms with Crippen molar-refractivity contribution in [3.8, 4) is 0 Å². The Morgan fingerprint density at radius 3 is 3.12 bits per heavy atom. The van der Waals surface area contributed by atoms with Crippen LogP contribution in [0.25, 0.3) is 0 Å². The van der Waals surface area contributed by atoms with Gasteiger partial charge in [0.15, 0.2) is 0 Å². The minimum absolute atomic E-state index is 0.00565. The molecule has 5 nitrogen and oxygen atoms in total. The number of nitrogens with one attached hydrogen (secondary N) is 1. The smallest absolute Gasteiger partial charge is 0.270 e. The fourth-order valence-electron chi connectivity index (χ4n) is 1.06. The molecule has 0 radical (unpaired) electrons. The normalized spacial score (nSPS) is 12.4. The van der Waals surface area contributed by atoms with Crippen molar-refractivity contribution in [3.05, 3.63) is 16.1 Å². The zero-order chi connectivity index (χ0) is 12.0. The van der Waals surface area contributed by atoms with E-state index in [1.807, 2.05) is 6.92 Å². The van der Waals surface area contributed by atoms with Crippen LogP contribution >= 0.6 is 11.3 Å². The average molecular weight is 243 g/mol. The molecule has 6 heteroatoms. The second-order valence-corrected chi connectivity index (χ2v) is 4.36. The number of hydrogen-bond donors (Lipinski definition) is 2. The van der Waals surface area contributed by atoms with Gasteiger partial charge in [-0.2, -0.15) is 0 Å². The molecule has 0 saturated carbocycles. The first kappa shape index (κ1) is 13.1. The largest absolute Gasteiger partial charge is 0.380 e. The zero-order valence-corrected chi connectivity index (χ0v) is 10.3. The molecule has 90 valence electrons. The number of methoxy groups -OCH3 is 1. The number of rotatable bonds is 6. The van der Waals surface area contributed by atoms with Crippen LogP contribution in [0.15, 0.2) is 5.38 Å². The molecule has 1 heterocycles. The van der Waals surface area contributed by atoms with E-state index in [2.05, 4.69) is 10.3 Å². The van der Waals surface area contributed by atoms with E-state index in [1.165, 1.54) is 11.3 Å². The molecular formula is C10H17N3O2S. The van der Waals surface area contributed by atoms with Gasteiger partial charge in [-0.25, -0.2) is 4.98 Å². The predicted octanol–water partition coefficient (Wildman–Crippen LogP) is 0.409. The molecule has 1 unspecified atom stereocenters. The van der Waals surface area contributed by atoms with E-state index >= 15 is 0 Å². The summed E-state index contributed by atoms with van der Waals surface area (Å²) in [5.41, 5.74) is 5.87. The maximum Gasteiger partial charge on any atom is 0.270 e. The second kappa shape index (κ2) is 6.57. The average Bonchev–Trinajstić information content (AvgIpc) is 2.74. The van der Waals surface area contributed by atoms with Crippen LogP contribution in [0, 0.1) is 0 Å². The fraction of sp³-hybridized carbons (Fsp3) is 0.600. The Balaban J connectivity index is 2.46. The van der Waals surface area contributed by atoms with Gasteiger partial charge in [-0.3, -0.25) is 4.79 Å². The van der Waals surface area contributed by atoms with E-state index in [1.54, 1.807) is 12.5 Å². The van der Waals surface area contributed by atoms with Crippen LogP contribution < -0.4 is 11.1 Å². The second-order valence-electron chi connectivity index (χ2n) is 3.42. The first-order valence-electron chi connectivity index (χ1n) is 5.12. The van der Waals surface area contributed by atoms with Gasteiger partial charge in [0.1, 0.15) is 5.69 Å². The zero-order valence-electron chi connectivity index (χ0n) is 9.53. The lowest BCUT2D eigenvalue weighted by Gasteiger charge is -2.09. The van der Waals surface area contributed by atoms with Crippen LogP contribution in [0.4, 0.5) is 0 Å². The standard InChI is InChI=1S/C10H17N3O2S/c1-7(15-2)5-12-10(14)8-6-16-9(13-8)3-4-11/h6-7H,3-5,11H2,1-2H3,(H,12,14). The van der Waals surface area contributed by atoms with Gasteiger partial charge in [-0.1, -0.05) is 0 Å². The molecule has 1 aromatic rings. The van der Waals surface area contributed by atoms with E-state index < -0.39 is 0 Å². The molecule has 1 atom stereocenters. The highest BCUT2D eigenvalue weighted by Gasteiger charge is 2.11. The molecule has 0 fully saturated rings. The lowest BCUT2D eigenvalue weighted by atomic mass is 10.3. The van der Waals surface area contributed by atoms with Crippen molar-refractivity contribution in [3.63, 3.8) is 0 Å². The van der Waals surface area contributed by atoms with E-state index in [0.29, 0.717) is 25.2 Å². The summed E-state index contributed by atoms with van der Waals surface area (Å²) in [5.74, 6) is -0.163. The summed E-state index contributed by atoms with van der Waals surface area (Å²) >= 11 is 1.46. The van der Waals surface area contributed by atoms with E-state index in [4.69, 9.17) is 10.5 Å². The molecule has 3 N–H and O–H groups in total. The van der Waals surface area contributed by atoms with Crippen LogP contribution in [0.5, 0.6) is 0 Å². The van der Waals surface area contributed by atoms with E-state index in [-0.39, 0.29) is 12.0 Å². The van der Waals surface area contributed by atoms with Crippen molar-refractivity contribution in [2.45, 2.75) is 19.4 Å². The highest BCUT2D eigenvalue weighted by atomic mass is 32.1. The number of carbonyl (C=O) groups is 1. The third-order valence-corrected chi connectivity index (χ3v) is 3.00. The molecule has 0 aliphatic heterocycles. The lowest BCUT2D eigenvalue weighted by molar-refractivity contribution is 0.0866. The van der Waals surface area contributed by atoms with E-state index in [9.17, 15) is 4.79 Å². The first-order chi connectivity index (χ1) is 7.67. The van der Waals surface area contributed by atoms with Gasteiger partial charge >= 0.3 is 0 Å². The maximum absolute atomic E-state index is 11.6. The number of nitrogens with two attached hydrogens (primary N) is 1. The Hall–Kier alpha value is -0.980. The molecule has 16 heavy (non-hydrogen) atoms. The highest BCUT2D eigenvalue weighted by molar-refractivity contribution is 7.09. The fourth-order valence-corrected chi connectivity index (χ4v) is 1.86. The summed E-state index contributed by atoms with van der Waals surface area (Å²) in [7, 11) is 1.61. The Bertz CT molecular complexity index is 341. The van der Waals surface area contributed by atoms with Gasteiger partial charge in [-0.05, 0) is 13.5 Å². The summed E-state index contributed by atoms with van der Waals surface area (Å²) in [6.45, 7) is 2.93. The van der Waals surface area contributed by atoms with Crippen LogP contribution in [-0.2, 0) is 11.2 Å². The van der Waals surface area contributed by atoms with Crippen molar-refractivity contribution in [1.82, 2.24) is 10.3 Å². The van der Waals surface area contributed by atoms with Crippen LogP contribution in [-0.4, -0.2) is 37.2 Å². The van der Waals surface area contributed by atoms with Gasteiger partial charge in [0.05, 0.1) is 11.1 Å². The number of aromatic nitrogens is 1. The number of nitrogens with zero attached hydrogens (tertiary/aromatic N) is 1. The summed E-state index contributed by atoms with van der Waals surface area (Å²) in [4.78, 5) is 15.8. The maximum atomic E-state index is 11.6. The minimum Gasteiger partial charge on any atom is -0.380 e. The molecule has 0 saturated heterocycles. The molecule has 1 amide bonds. The van der Waals surface area contributed by atoms with Gasteiger partial charge < -0.3 is 15.8 Å². The Morgan fingerprint density at radius 1 is 1.75 bits per heavy atom. The number of hydrogen-bond acceptors (Lipinski definition) is 5. The summed E-state index contributed by atoms with van der Waals surface area (Å²) < 4.78 is 5.03. The molecule has 0 aliphatic carbocycles. The van der Waals surface area contributed by atoms with Crippen molar-refractivity contribution >= 4 is 17.2 Å². The molecule has 1 rings (SSSR count). The van der Waals surface area contributed by atoms with E-state index in [0.717, 1.165) is 5.01 Å². The Labute approximate surface area is 99.0 Å². The van der Waals surface area contributed by atoms with Crippen molar-refractivity contribution in [2.24, 2.45) is 5.73 Å². The molecule has 0 aliphatic rings. The van der Waals surface area contributed by atoms with Gasteiger partial charge in [0.2, 0.25) is 0 Å². The Kier molecular flexibility index (Phi) is 5.37. The molecular weight excluding hydrogens is 226 g/mol.